The van der Waals surface area contributed by atoms with Gasteiger partial charge in [-0.15, -0.1) is 0 Å². The van der Waals surface area contributed by atoms with Gasteiger partial charge in [-0.1, -0.05) is 12.1 Å². The largest absolute Gasteiger partial charge is 0.480 e. The fraction of sp³-hybridized carbons (Fsp3) is 0.273. The highest BCUT2D eigenvalue weighted by atomic mass is 16.4. The number of fused-ring (bicyclic) bond motifs is 1. The van der Waals surface area contributed by atoms with Crippen molar-refractivity contribution in [1.82, 2.24) is 9.55 Å². The summed E-state index contributed by atoms with van der Waals surface area (Å²) in [6.45, 7) is 1.88. The first-order chi connectivity index (χ1) is 7.59. The van der Waals surface area contributed by atoms with Crippen molar-refractivity contribution in [2.24, 2.45) is 7.05 Å². The lowest BCUT2D eigenvalue weighted by atomic mass is 10.2. The minimum atomic E-state index is -0.899. The van der Waals surface area contributed by atoms with Crippen LogP contribution in [0.3, 0.4) is 0 Å². The third-order valence-corrected chi connectivity index (χ3v) is 2.49. The van der Waals surface area contributed by atoms with E-state index in [1.54, 1.807) is 0 Å². The Morgan fingerprint density at radius 3 is 2.94 bits per heavy atom. The third-order valence-electron chi connectivity index (χ3n) is 2.49. The summed E-state index contributed by atoms with van der Waals surface area (Å²) >= 11 is 0. The van der Waals surface area contributed by atoms with Crippen molar-refractivity contribution in [3.63, 3.8) is 0 Å². The number of carboxylic acid groups (broad SMARTS) is 1. The van der Waals surface area contributed by atoms with Crippen LogP contribution in [0.25, 0.3) is 11.0 Å². The van der Waals surface area contributed by atoms with Gasteiger partial charge >= 0.3 is 5.97 Å². The first-order valence-electron chi connectivity index (χ1n) is 4.97. The van der Waals surface area contributed by atoms with E-state index in [-0.39, 0.29) is 6.54 Å². The lowest BCUT2D eigenvalue weighted by molar-refractivity contribution is -0.134. The van der Waals surface area contributed by atoms with Crippen LogP contribution < -0.4 is 5.32 Å². The summed E-state index contributed by atoms with van der Waals surface area (Å²) < 4.78 is 1.87. The van der Waals surface area contributed by atoms with Crippen LogP contribution in [0.15, 0.2) is 18.2 Å². The van der Waals surface area contributed by atoms with E-state index >= 15 is 0 Å². The summed E-state index contributed by atoms with van der Waals surface area (Å²) in [7, 11) is 1.87. The summed E-state index contributed by atoms with van der Waals surface area (Å²) in [6, 6.07) is 5.85. The van der Waals surface area contributed by atoms with Gasteiger partial charge in [-0.2, -0.15) is 0 Å². The number of nitrogens with one attached hydrogen (secondary N) is 1. The molecule has 0 radical (unpaired) electrons. The molecule has 1 heterocycles. The van der Waals surface area contributed by atoms with Gasteiger partial charge in [-0.25, -0.2) is 4.98 Å². The van der Waals surface area contributed by atoms with Crippen molar-refractivity contribution in [2.45, 2.75) is 6.92 Å². The second kappa shape index (κ2) is 3.84. The van der Waals surface area contributed by atoms with Crippen molar-refractivity contribution < 1.29 is 9.90 Å². The molecule has 0 spiro atoms. The van der Waals surface area contributed by atoms with Crippen LogP contribution in [0.5, 0.6) is 0 Å². The maximum absolute atomic E-state index is 10.5. The lowest BCUT2D eigenvalue weighted by Crippen LogP contribution is -2.14. The molecular formula is C11H13N3O2. The highest BCUT2D eigenvalue weighted by Crippen LogP contribution is 2.20. The molecule has 5 heteroatoms. The quantitative estimate of drug-likeness (QED) is 0.818. The summed E-state index contributed by atoms with van der Waals surface area (Å²) in [6.07, 6.45) is 0. The molecule has 0 saturated carbocycles. The monoisotopic (exact) mass is 219 g/mol. The molecule has 5 nitrogen and oxygen atoms in total. The van der Waals surface area contributed by atoms with Gasteiger partial charge in [0.1, 0.15) is 6.54 Å². The molecule has 0 aliphatic carbocycles. The molecule has 0 saturated heterocycles. The summed E-state index contributed by atoms with van der Waals surface area (Å²) in [4.78, 5) is 14.8. The number of para-hydroxylation sites is 1. The Labute approximate surface area is 92.7 Å². The zero-order chi connectivity index (χ0) is 11.7. The second-order valence-electron chi connectivity index (χ2n) is 3.68. The molecule has 2 N–H and O–H groups in total. The van der Waals surface area contributed by atoms with Crippen LogP contribution in [0.4, 0.5) is 5.95 Å². The number of aliphatic carboxylic acids is 1. The zero-order valence-corrected chi connectivity index (χ0v) is 9.19. The van der Waals surface area contributed by atoms with Gasteiger partial charge < -0.3 is 15.0 Å². The van der Waals surface area contributed by atoms with Gasteiger partial charge in [0.15, 0.2) is 0 Å². The SMILES string of the molecule is Cc1cccc2nc(NCC(=O)O)n(C)c12. The second-order valence-corrected chi connectivity index (χ2v) is 3.68. The van der Waals surface area contributed by atoms with Crippen LogP contribution >= 0.6 is 0 Å². The smallest absolute Gasteiger partial charge is 0.322 e. The number of hydrogen-bond donors (Lipinski definition) is 2. The predicted molar refractivity (Wildman–Crippen MR) is 61.6 cm³/mol. The average molecular weight is 219 g/mol. The van der Waals surface area contributed by atoms with Gasteiger partial charge in [-0.3, -0.25) is 4.79 Å². The maximum atomic E-state index is 10.5. The number of aromatic nitrogens is 2. The first-order valence-corrected chi connectivity index (χ1v) is 4.97. The molecule has 0 aliphatic heterocycles. The molecule has 0 unspecified atom stereocenters. The fourth-order valence-electron chi connectivity index (χ4n) is 1.78. The van der Waals surface area contributed by atoms with E-state index in [4.69, 9.17) is 5.11 Å². The van der Waals surface area contributed by atoms with E-state index in [9.17, 15) is 4.79 Å². The van der Waals surface area contributed by atoms with E-state index in [0.717, 1.165) is 16.6 Å². The van der Waals surface area contributed by atoms with Crippen molar-refractivity contribution in [3.05, 3.63) is 23.8 Å². The topological polar surface area (TPSA) is 67.2 Å². The van der Waals surface area contributed by atoms with E-state index in [2.05, 4.69) is 10.3 Å². The Kier molecular flexibility index (Phi) is 2.52. The van der Waals surface area contributed by atoms with E-state index in [0.29, 0.717) is 5.95 Å². The number of nitrogens with zero attached hydrogens (tertiary/aromatic N) is 2. The Morgan fingerprint density at radius 1 is 1.56 bits per heavy atom. The number of rotatable bonds is 3. The van der Waals surface area contributed by atoms with E-state index < -0.39 is 5.97 Å². The van der Waals surface area contributed by atoms with Crippen molar-refractivity contribution in [3.8, 4) is 0 Å². The highest BCUT2D eigenvalue weighted by Gasteiger charge is 2.09. The average Bonchev–Trinajstić information content (AvgIpc) is 2.54. The molecule has 0 amide bonds. The summed E-state index contributed by atoms with van der Waals surface area (Å²) in [5.41, 5.74) is 3.02. The van der Waals surface area contributed by atoms with Gasteiger partial charge in [0.2, 0.25) is 5.95 Å². The van der Waals surface area contributed by atoms with Crippen LogP contribution in [0.2, 0.25) is 0 Å². The number of aryl methyl sites for hydroxylation is 2. The molecular weight excluding hydrogens is 206 g/mol. The molecule has 0 fully saturated rings. The lowest BCUT2D eigenvalue weighted by Gasteiger charge is -2.03. The standard InChI is InChI=1S/C11H13N3O2/c1-7-4-3-5-8-10(7)14(2)11(13-8)12-6-9(15)16/h3-5H,6H2,1-2H3,(H,12,13)(H,15,16). The van der Waals surface area contributed by atoms with Crippen LogP contribution in [-0.4, -0.2) is 27.2 Å². The predicted octanol–water partition coefficient (Wildman–Crippen LogP) is 1.38. The zero-order valence-electron chi connectivity index (χ0n) is 9.19. The van der Waals surface area contributed by atoms with Gasteiger partial charge in [0.25, 0.3) is 0 Å². The molecule has 1 aromatic carbocycles. The number of benzene rings is 1. The Hall–Kier alpha value is -2.04. The molecule has 0 bridgehead atoms. The van der Waals surface area contributed by atoms with Crippen LogP contribution in [-0.2, 0) is 11.8 Å². The highest BCUT2D eigenvalue weighted by molar-refractivity contribution is 5.82. The number of carboxylic acids is 1. The van der Waals surface area contributed by atoms with Gasteiger partial charge in [0.05, 0.1) is 11.0 Å². The van der Waals surface area contributed by atoms with E-state index in [1.807, 2.05) is 36.7 Å². The van der Waals surface area contributed by atoms with Crippen molar-refractivity contribution >= 4 is 23.0 Å². The number of carbonyl (C=O) groups is 1. The molecule has 0 atom stereocenters. The fourth-order valence-corrected chi connectivity index (χ4v) is 1.78. The maximum Gasteiger partial charge on any atom is 0.322 e. The third kappa shape index (κ3) is 1.71. The molecule has 16 heavy (non-hydrogen) atoms. The summed E-state index contributed by atoms with van der Waals surface area (Å²) in [5, 5.41) is 11.4. The normalized spacial score (nSPS) is 10.6. The van der Waals surface area contributed by atoms with E-state index in [1.165, 1.54) is 0 Å². The Morgan fingerprint density at radius 2 is 2.31 bits per heavy atom. The number of anilines is 1. The molecule has 0 aliphatic rings. The van der Waals surface area contributed by atoms with Crippen LogP contribution in [0, 0.1) is 6.92 Å². The van der Waals surface area contributed by atoms with Crippen LogP contribution in [0.1, 0.15) is 5.56 Å². The Balaban J connectivity index is 2.44. The minimum absolute atomic E-state index is 0.129. The van der Waals surface area contributed by atoms with Crippen molar-refractivity contribution in [2.75, 3.05) is 11.9 Å². The molecule has 84 valence electrons. The Bertz CT molecular complexity index is 545. The van der Waals surface area contributed by atoms with Gasteiger partial charge in [0, 0.05) is 7.05 Å². The summed E-state index contributed by atoms with van der Waals surface area (Å²) in [5.74, 6) is -0.324. The van der Waals surface area contributed by atoms with Crippen molar-refractivity contribution in [1.29, 1.82) is 0 Å². The first kappa shape index (κ1) is 10.5. The number of hydrogen-bond acceptors (Lipinski definition) is 3. The molecule has 2 aromatic rings. The van der Waals surface area contributed by atoms with Gasteiger partial charge in [-0.05, 0) is 18.6 Å². The molecule has 2 rings (SSSR count). The number of imidazole rings is 1. The molecule has 1 aromatic heterocycles. The minimum Gasteiger partial charge on any atom is -0.480 e.